The summed E-state index contributed by atoms with van der Waals surface area (Å²) >= 11 is 5.79. The van der Waals surface area contributed by atoms with Crippen LogP contribution < -0.4 is 11.1 Å². The van der Waals surface area contributed by atoms with Crippen LogP contribution in [0.1, 0.15) is 36.8 Å². The molecule has 0 radical (unpaired) electrons. The fourth-order valence-corrected chi connectivity index (χ4v) is 5.40. The fourth-order valence-electron chi connectivity index (χ4n) is 5.05. The van der Waals surface area contributed by atoms with Crippen molar-refractivity contribution in [3.05, 3.63) is 72.2 Å². The number of aliphatic carboxylic acids is 1. The molecule has 1 aromatic carbocycles. The van der Waals surface area contributed by atoms with E-state index in [1.807, 2.05) is 59.3 Å². The third kappa shape index (κ3) is 4.92. The molecule has 0 saturated heterocycles. The number of esters is 1. The first-order valence-corrected chi connectivity index (χ1v) is 12.2. The number of fused-ring (bicyclic) bond motifs is 1. The lowest BCUT2D eigenvalue weighted by atomic mass is 9.67. The maximum absolute atomic E-state index is 13.3. The van der Waals surface area contributed by atoms with Crippen molar-refractivity contribution in [1.82, 2.24) is 14.7 Å². The molecular weight excluding hydrogens is 464 g/mol. The summed E-state index contributed by atoms with van der Waals surface area (Å²) in [6, 6.07) is 11.7. The molecule has 2 heterocycles. The number of carboxylic acids is 1. The first kappa shape index (κ1) is 24.8. The van der Waals surface area contributed by atoms with Crippen molar-refractivity contribution in [1.29, 1.82) is 0 Å². The molecule has 3 aromatic rings. The summed E-state index contributed by atoms with van der Waals surface area (Å²) in [7, 11) is 1.76. The predicted molar refractivity (Wildman–Crippen MR) is 136 cm³/mol. The minimum atomic E-state index is -1.31. The molecule has 2 aromatic heterocycles. The highest BCUT2D eigenvalue weighted by molar-refractivity contribution is 7.80. The third-order valence-electron chi connectivity index (χ3n) is 6.95. The first-order chi connectivity index (χ1) is 16.9. The lowest BCUT2D eigenvalue weighted by Gasteiger charge is -2.44. The van der Waals surface area contributed by atoms with E-state index in [0.717, 1.165) is 29.6 Å². The van der Waals surface area contributed by atoms with E-state index in [0.29, 0.717) is 17.8 Å². The molecular formula is C26H30N4O4S. The average Bonchev–Trinajstić information content (AvgIpc) is 3.35. The van der Waals surface area contributed by atoms with Crippen molar-refractivity contribution in [2.24, 2.45) is 11.7 Å². The normalized spacial score (nSPS) is 21.7. The number of thiocarbonyl (C=S) groups is 1. The highest BCUT2D eigenvalue weighted by Gasteiger charge is 2.49. The van der Waals surface area contributed by atoms with Crippen molar-refractivity contribution < 1.29 is 19.4 Å². The Labute approximate surface area is 209 Å². The second-order valence-corrected chi connectivity index (χ2v) is 9.40. The molecule has 9 heteroatoms. The monoisotopic (exact) mass is 494 g/mol. The van der Waals surface area contributed by atoms with E-state index in [1.165, 1.54) is 0 Å². The van der Waals surface area contributed by atoms with Crippen molar-refractivity contribution in [2.75, 3.05) is 7.05 Å². The summed E-state index contributed by atoms with van der Waals surface area (Å²) in [6.07, 6.45) is 8.15. The number of carbonyl (C=O) groups is 2. The Hall–Kier alpha value is -3.30. The Kier molecular flexibility index (Phi) is 7.47. The SMILES string of the molecule is CNC(=S)C1(c2ccc3nccn3c2)CCCCC1OC(=O)C(N)C(Cc1ccccc1)C(=O)O. The number of aromatic nitrogens is 2. The van der Waals surface area contributed by atoms with Crippen molar-refractivity contribution in [3.63, 3.8) is 0 Å². The molecule has 184 valence electrons. The lowest BCUT2D eigenvalue weighted by Crippen LogP contribution is -2.55. The quantitative estimate of drug-likeness (QED) is 0.323. The molecule has 1 saturated carbocycles. The first-order valence-electron chi connectivity index (χ1n) is 11.7. The van der Waals surface area contributed by atoms with Crippen LogP contribution in [0, 0.1) is 5.92 Å². The van der Waals surface area contributed by atoms with Gasteiger partial charge in [-0.3, -0.25) is 9.59 Å². The number of benzene rings is 1. The topological polar surface area (TPSA) is 119 Å². The number of likely N-dealkylation sites (N-methyl/N-ethyl adjacent to an activating group) is 1. The molecule has 0 aliphatic heterocycles. The van der Waals surface area contributed by atoms with Gasteiger partial charge in [0.15, 0.2) is 0 Å². The van der Waals surface area contributed by atoms with Gasteiger partial charge in [0.25, 0.3) is 0 Å². The predicted octanol–water partition coefficient (Wildman–Crippen LogP) is 2.88. The van der Waals surface area contributed by atoms with Gasteiger partial charge in [0.1, 0.15) is 17.8 Å². The van der Waals surface area contributed by atoms with Gasteiger partial charge in [0.2, 0.25) is 0 Å². The van der Waals surface area contributed by atoms with Crippen LogP contribution >= 0.6 is 12.2 Å². The second-order valence-electron chi connectivity index (χ2n) is 8.99. The lowest BCUT2D eigenvalue weighted by molar-refractivity contribution is -0.160. The van der Waals surface area contributed by atoms with Crippen molar-refractivity contribution in [2.45, 2.75) is 49.7 Å². The van der Waals surface area contributed by atoms with E-state index >= 15 is 0 Å². The fraction of sp³-hybridized carbons (Fsp3) is 0.385. The van der Waals surface area contributed by atoms with E-state index in [2.05, 4.69) is 10.3 Å². The number of ether oxygens (including phenoxy) is 1. The van der Waals surface area contributed by atoms with Gasteiger partial charge in [-0.15, -0.1) is 0 Å². The minimum Gasteiger partial charge on any atom is -0.481 e. The van der Waals surface area contributed by atoms with Gasteiger partial charge >= 0.3 is 11.9 Å². The molecule has 0 spiro atoms. The van der Waals surface area contributed by atoms with Crippen LogP contribution in [-0.2, 0) is 26.2 Å². The summed E-state index contributed by atoms with van der Waals surface area (Å²) in [5, 5.41) is 12.9. The summed E-state index contributed by atoms with van der Waals surface area (Å²) in [4.78, 5) is 30.2. The molecule has 1 fully saturated rings. The number of carboxylic acid groups (broad SMARTS) is 1. The molecule has 8 nitrogen and oxygen atoms in total. The number of hydrogen-bond acceptors (Lipinski definition) is 6. The Balaban J connectivity index is 1.63. The molecule has 1 aliphatic carbocycles. The van der Waals surface area contributed by atoms with Gasteiger partial charge in [-0.2, -0.15) is 0 Å². The maximum atomic E-state index is 13.3. The average molecular weight is 495 g/mol. The smallest absolute Gasteiger partial charge is 0.324 e. The number of imidazole rings is 1. The minimum absolute atomic E-state index is 0.133. The molecule has 4 N–H and O–H groups in total. The van der Waals surface area contributed by atoms with Gasteiger partial charge in [-0.25, -0.2) is 4.98 Å². The van der Waals surface area contributed by atoms with Crippen LogP contribution in [-0.4, -0.2) is 50.6 Å². The highest BCUT2D eigenvalue weighted by atomic mass is 32.1. The number of hydrogen-bond donors (Lipinski definition) is 3. The summed E-state index contributed by atoms with van der Waals surface area (Å²) in [5.74, 6) is -2.97. The van der Waals surface area contributed by atoms with Gasteiger partial charge in [-0.05, 0) is 42.9 Å². The zero-order valence-corrected chi connectivity index (χ0v) is 20.4. The highest BCUT2D eigenvalue weighted by Crippen LogP contribution is 2.42. The van der Waals surface area contributed by atoms with E-state index in [9.17, 15) is 14.7 Å². The van der Waals surface area contributed by atoms with Crippen LogP contribution in [0.15, 0.2) is 61.1 Å². The number of nitrogens with two attached hydrogens (primary N) is 1. The zero-order valence-electron chi connectivity index (χ0n) is 19.6. The molecule has 0 amide bonds. The van der Waals surface area contributed by atoms with E-state index in [-0.39, 0.29) is 6.42 Å². The zero-order chi connectivity index (χ0) is 25.0. The summed E-state index contributed by atoms with van der Waals surface area (Å²) in [5.41, 5.74) is 7.96. The molecule has 1 aliphatic rings. The van der Waals surface area contributed by atoms with Crippen LogP contribution in [0.3, 0.4) is 0 Å². The Morgan fingerprint density at radius 1 is 1.29 bits per heavy atom. The summed E-state index contributed by atoms with van der Waals surface area (Å²) in [6.45, 7) is 0. The van der Waals surface area contributed by atoms with Crippen LogP contribution in [0.25, 0.3) is 5.65 Å². The van der Waals surface area contributed by atoms with E-state index in [4.69, 9.17) is 22.7 Å². The van der Waals surface area contributed by atoms with Crippen LogP contribution in [0.2, 0.25) is 0 Å². The molecule has 0 bridgehead atoms. The molecule has 35 heavy (non-hydrogen) atoms. The third-order valence-corrected chi connectivity index (χ3v) is 7.52. The van der Waals surface area contributed by atoms with Gasteiger partial charge in [-0.1, -0.05) is 55.0 Å². The Bertz CT molecular complexity index is 1210. The van der Waals surface area contributed by atoms with Gasteiger partial charge in [0.05, 0.1) is 16.3 Å². The largest absolute Gasteiger partial charge is 0.481 e. The van der Waals surface area contributed by atoms with Gasteiger partial charge in [0, 0.05) is 25.6 Å². The number of rotatable bonds is 8. The standard InChI is InChI=1S/C26H30N4O4S/c1-28-25(35)26(18-10-11-21-29-13-14-30(21)16-18)12-6-5-9-20(26)34-24(33)22(27)19(23(31)32)15-17-7-3-2-4-8-17/h2-4,7-8,10-11,13-14,16,19-20,22H,5-6,9,12,15,27H2,1H3,(H,28,35)(H,31,32). The second kappa shape index (κ2) is 10.5. The van der Waals surface area contributed by atoms with Crippen LogP contribution in [0.4, 0.5) is 0 Å². The molecule has 4 rings (SSSR count). The molecule has 4 unspecified atom stereocenters. The van der Waals surface area contributed by atoms with Crippen molar-refractivity contribution in [3.8, 4) is 0 Å². The van der Waals surface area contributed by atoms with Crippen LogP contribution in [0.5, 0.6) is 0 Å². The number of pyridine rings is 1. The van der Waals surface area contributed by atoms with E-state index < -0.39 is 35.4 Å². The number of nitrogens with zero attached hydrogens (tertiary/aromatic N) is 2. The van der Waals surface area contributed by atoms with E-state index in [1.54, 1.807) is 13.2 Å². The molecule has 4 atom stereocenters. The summed E-state index contributed by atoms with van der Waals surface area (Å²) < 4.78 is 7.94. The van der Waals surface area contributed by atoms with Gasteiger partial charge < -0.3 is 25.3 Å². The Morgan fingerprint density at radius 3 is 2.77 bits per heavy atom. The Morgan fingerprint density at radius 2 is 2.06 bits per heavy atom. The number of nitrogens with one attached hydrogen (secondary N) is 1. The van der Waals surface area contributed by atoms with Crippen molar-refractivity contribution >= 4 is 34.8 Å². The maximum Gasteiger partial charge on any atom is 0.324 e. The number of carbonyl (C=O) groups excluding carboxylic acids is 1.